The number of hydrazone groups is 1. The second-order valence-corrected chi connectivity index (χ2v) is 5.26. The molecule has 130 valence electrons. The van der Waals surface area contributed by atoms with Crippen LogP contribution in [0, 0.1) is 0 Å². The van der Waals surface area contributed by atoms with Crippen molar-refractivity contribution < 1.29 is 23.7 Å². The summed E-state index contributed by atoms with van der Waals surface area (Å²) in [6.45, 7) is 1.88. The minimum absolute atomic E-state index is 0.135. The van der Waals surface area contributed by atoms with Gasteiger partial charge in [0.25, 0.3) is 5.91 Å². The van der Waals surface area contributed by atoms with E-state index >= 15 is 0 Å². The van der Waals surface area contributed by atoms with Crippen molar-refractivity contribution in [3.8, 4) is 23.0 Å². The van der Waals surface area contributed by atoms with Crippen LogP contribution in [-0.4, -0.2) is 32.1 Å². The maximum Gasteiger partial charge on any atom is 0.277 e. The second kappa shape index (κ2) is 7.57. The molecule has 7 nitrogen and oxygen atoms in total. The molecule has 1 heterocycles. The van der Waals surface area contributed by atoms with Gasteiger partial charge in [0, 0.05) is 5.56 Å². The number of fused-ring (bicyclic) bond motifs is 1. The number of nitrogens with zero attached hydrogens (tertiary/aromatic N) is 1. The standard InChI is InChI=1S/C18H18N2O5/c1-12(13-3-8-16-17(9-13)25-11-24-16)19-20-18(21)10-23-15-6-4-14(22-2)5-7-15/h3-9H,10-11H2,1-2H3,(H,20,21). The lowest BCUT2D eigenvalue weighted by Crippen LogP contribution is -2.25. The van der Waals surface area contributed by atoms with Gasteiger partial charge in [0.2, 0.25) is 6.79 Å². The minimum atomic E-state index is -0.351. The summed E-state index contributed by atoms with van der Waals surface area (Å²) in [5, 5.41) is 4.08. The summed E-state index contributed by atoms with van der Waals surface area (Å²) >= 11 is 0. The zero-order valence-corrected chi connectivity index (χ0v) is 13.9. The van der Waals surface area contributed by atoms with Crippen LogP contribution < -0.4 is 24.4 Å². The lowest BCUT2D eigenvalue weighted by molar-refractivity contribution is -0.123. The summed E-state index contributed by atoms with van der Waals surface area (Å²) in [7, 11) is 1.59. The molecule has 0 unspecified atom stereocenters. The highest BCUT2D eigenvalue weighted by Crippen LogP contribution is 2.32. The van der Waals surface area contributed by atoms with Crippen molar-refractivity contribution in [3.63, 3.8) is 0 Å². The maximum atomic E-state index is 11.8. The first-order valence-corrected chi connectivity index (χ1v) is 7.66. The number of ether oxygens (including phenoxy) is 4. The Bertz CT molecular complexity index is 787. The average molecular weight is 342 g/mol. The quantitative estimate of drug-likeness (QED) is 0.644. The van der Waals surface area contributed by atoms with Crippen LogP contribution in [0.2, 0.25) is 0 Å². The van der Waals surface area contributed by atoms with Gasteiger partial charge >= 0.3 is 0 Å². The molecule has 0 bridgehead atoms. The number of rotatable bonds is 6. The Kier molecular flexibility index (Phi) is 5.03. The van der Waals surface area contributed by atoms with E-state index in [1.165, 1.54) is 0 Å². The van der Waals surface area contributed by atoms with E-state index in [1.54, 1.807) is 38.3 Å². The van der Waals surface area contributed by atoms with E-state index in [0.29, 0.717) is 23.0 Å². The van der Waals surface area contributed by atoms with Crippen molar-refractivity contribution in [2.45, 2.75) is 6.92 Å². The van der Waals surface area contributed by atoms with Crippen LogP contribution in [0.25, 0.3) is 0 Å². The van der Waals surface area contributed by atoms with Gasteiger partial charge in [-0.25, -0.2) is 5.43 Å². The number of nitrogens with one attached hydrogen (secondary N) is 1. The zero-order valence-electron chi connectivity index (χ0n) is 13.9. The number of methoxy groups -OCH3 is 1. The van der Waals surface area contributed by atoms with Crippen molar-refractivity contribution in [3.05, 3.63) is 48.0 Å². The number of hydrogen-bond acceptors (Lipinski definition) is 6. The van der Waals surface area contributed by atoms with Gasteiger partial charge in [0.05, 0.1) is 12.8 Å². The van der Waals surface area contributed by atoms with Crippen LogP contribution in [0.15, 0.2) is 47.6 Å². The predicted molar refractivity (Wildman–Crippen MR) is 91.4 cm³/mol. The van der Waals surface area contributed by atoms with Crippen LogP contribution in [0.5, 0.6) is 23.0 Å². The van der Waals surface area contributed by atoms with Gasteiger partial charge < -0.3 is 18.9 Å². The highest BCUT2D eigenvalue weighted by Gasteiger charge is 2.14. The van der Waals surface area contributed by atoms with Gasteiger partial charge in [0.1, 0.15) is 11.5 Å². The Morgan fingerprint density at radius 2 is 1.84 bits per heavy atom. The molecule has 0 saturated heterocycles. The molecule has 0 aliphatic carbocycles. The highest BCUT2D eigenvalue weighted by molar-refractivity contribution is 5.99. The van der Waals surface area contributed by atoms with Crippen molar-refractivity contribution in [1.82, 2.24) is 5.43 Å². The third-order valence-electron chi connectivity index (χ3n) is 3.57. The molecule has 1 N–H and O–H groups in total. The summed E-state index contributed by atoms with van der Waals surface area (Å²) in [6, 6.07) is 12.5. The highest BCUT2D eigenvalue weighted by atomic mass is 16.7. The van der Waals surface area contributed by atoms with E-state index in [2.05, 4.69) is 10.5 Å². The minimum Gasteiger partial charge on any atom is -0.497 e. The van der Waals surface area contributed by atoms with Gasteiger partial charge in [-0.15, -0.1) is 0 Å². The van der Waals surface area contributed by atoms with Gasteiger partial charge in [0.15, 0.2) is 18.1 Å². The first kappa shape index (κ1) is 16.6. The molecule has 0 saturated carbocycles. The first-order chi connectivity index (χ1) is 12.2. The molecule has 2 aromatic rings. The fourth-order valence-corrected chi connectivity index (χ4v) is 2.19. The summed E-state index contributed by atoms with van der Waals surface area (Å²) in [6.07, 6.45) is 0. The number of benzene rings is 2. The van der Waals surface area contributed by atoms with Gasteiger partial charge in [-0.1, -0.05) is 0 Å². The number of amides is 1. The van der Waals surface area contributed by atoms with Gasteiger partial charge in [-0.05, 0) is 49.4 Å². The molecular formula is C18H18N2O5. The molecule has 1 aliphatic rings. The Labute approximate surface area is 145 Å². The fourth-order valence-electron chi connectivity index (χ4n) is 2.19. The van der Waals surface area contributed by atoms with Gasteiger partial charge in [-0.3, -0.25) is 4.79 Å². The lowest BCUT2D eigenvalue weighted by atomic mass is 10.1. The Hall–Kier alpha value is -3.22. The molecule has 25 heavy (non-hydrogen) atoms. The van der Waals surface area contributed by atoms with E-state index in [4.69, 9.17) is 18.9 Å². The number of hydrogen-bond donors (Lipinski definition) is 1. The molecule has 3 rings (SSSR count). The molecule has 7 heteroatoms. The molecule has 0 aromatic heterocycles. The van der Waals surface area contributed by atoms with E-state index in [0.717, 1.165) is 11.3 Å². The van der Waals surface area contributed by atoms with Crippen molar-refractivity contribution in [2.75, 3.05) is 20.5 Å². The normalized spacial score (nSPS) is 12.6. The summed E-state index contributed by atoms with van der Waals surface area (Å²) in [5.74, 6) is 2.32. The molecule has 0 radical (unpaired) electrons. The smallest absolute Gasteiger partial charge is 0.277 e. The molecule has 2 aromatic carbocycles. The SMILES string of the molecule is COc1ccc(OCC(=O)NN=C(C)c2ccc3c(c2)OCO3)cc1. The van der Waals surface area contributed by atoms with Crippen LogP contribution in [0.4, 0.5) is 0 Å². The third-order valence-corrected chi connectivity index (χ3v) is 3.57. The summed E-state index contributed by atoms with van der Waals surface area (Å²) < 4.78 is 21.0. The lowest BCUT2D eigenvalue weighted by Gasteiger charge is -2.07. The molecular weight excluding hydrogens is 324 g/mol. The molecule has 0 fully saturated rings. The van der Waals surface area contributed by atoms with E-state index in [9.17, 15) is 4.79 Å². The number of carbonyl (C=O) groups excluding carboxylic acids is 1. The molecule has 1 aliphatic heterocycles. The van der Waals surface area contributed by atoms with Crippen molar-refractivity contribution in [1.29, 1.82) is 0 Å². The topological polar surface area (TPSA) is 78.4 Å². The van der Waals surface area contributed by atoms with Crippen LogP contribution in [-0.2, 0) is 4.79 Å². The van der Waals surface area contributed by atoms with Crippen LogP contribution >= 0.6 is 0 Å². The van der Waals surface area contributed by atoms with E-state index in [-0.39, 0.29) is 19.3 Å². The van der Waals surface area contributed by atoms with Crippen LogP contribution in [0.1, 0.15) is 12.5 Å². The predicted octanol–water partition coefficient (Wildman–Crippen LogP) is 2.34. The summed E-state index contributed by atoms with van der Waals surface area (Å²) in [5.41, 5.74) is 3.95. The van der Waals surface area contributed by atoms with E-state index < -0.39 is 0 Å². The maximum absolute atomic E-state index is 11.8. The molecule has 1 amide bonds. The average Bonchev–Trinajstić information content (AvgIpc) is 3.12. The molecule has 0 atom stereocenters. The fraction of sp³-hybridized carbons (Fsp3) is 0.222. The zero-order chi connectivity index (χ0) is 17.6. The third kappa shape index (κ3) is 4.20. The Morgan fingerprint density at radius 3 is 2.60 bits per heavy atom. The molecule has 0 spiro atoms. The largest absolute Gasteiger partial charge is 0.497 e. The monoisotopic (exact) mass is 342 g/mol. The Balaban J connectivity index is 1.52. The number of carbonyl (C=O) groups is 1. The van der Waals surface area contributed by atoms with Crippen molar-refractivity contribution in [2.24, 2.45) is 5.10 Å². The van der Waals surface area contributed by atoms with E-state index in [1.807, 2.05) is 18.2 Å². The second-order valence-electron chi connectivity index (χ2n) is 5.26. The Morgan fingerprint density at radius 1 is 1.12 bits per heavy atom. The summed E-state index contributed by atoms with van der Waals surface area (Å²) in [4.78, 5) is 11.8. The first-order valence-electron chi connectivity index (χ1n) is 7.66. The van der Waals surface area contributed by atoms with Crippen LogP contribution in [0.3, 0.4) is 0 Å². The van der Waals surface area contributed by atoms with Gasteiger partial charge in [-0.2, -0.15) is 5.10 Å². The van der Waals surface area contributed by atoms with Crippen molar-refractivity contribution >= 4 is 11.6 Å².